The topological polar surface area (TPSA) is 49.8 Å². The van der Waals surface area contributed by atoms with E-state index in [1.807, 2.05) is 19.0 Å². The molecule has 0 bridgehead atoms. The van der Waals surface area contributed by atoms with Gasteiger partial charge in [0.2, 0.25) is 0 Å². The van der Waals surface area contributed by atoms with Crippen LogP contribution in [0, 0.1) is 0 Å². The van der Waals surface area contributed by atoms with Gasteiger partial charge in [-0.25, -0.2) is 4.79 Å². The molecule has 0 saturated heterocycles. The van der Waals surface area contributed by atoms with E-state index in [2.05, 4.69) is 4.74 Å². The molecule has 0 fully saturated rings. The number of thioether (sulfide) groups is 1. The minimum atomic E-state index is -1.21. The third-order valence-corrected chi connectivity index (χ3v) is 1.70. The third-order valence-electron chi connectivity index (χ3n) is 0.949. The number of rotatable bonds is 5. The fourth-order valence-electron chi connectivity index (χ4n) is 0.398. The van der Waals surface area contributed by atoms with E-state index < -0.39 is 6.16 Å². The molecule has 0 saturated carbocycles. The van der Waals surface area contributed by atoms with Gasteiger partial charge in [0.05, 0.1) is 0 Å². The highest BCUT2D eigenvalue weighted by molar-refractivity contribution is 7.99. The van der Waals surface area contributed by atoms with E-state index in [-0.39, 0.29) is 5.94 Å². The second-order valence-electron chi connectivity index (χ2n) is 2.24. The molecule has 11 heavy (non-hydrogen) atoms. The molecule has 0 unspecified atom stereocenters. The van der Waals surface area contributed by atoms with Crippen molar-refractivity contribution in [3.8, 4) is 0 Å². The summed E-state index contributed by atoms with van der Waals surface area (Å²) in [5, 5.41) is 8.08. The van der Waals surface area contributed by atoms with Gasteiger partial charge in [0, 0.05) is 12.3 Å². The van der Waals surface area contributed by atoms with Crippen LogP contribution in [0.15, 0.2) is 0 Å². The lowest BCUT2D eigenvalue weighted by Crippen LogP contribution is -2.15. The SMILES string of the molecule is CN(C)CCSCOC(=O)O. The Morgan fingerprint density at radius 3 is 2.73 bits per heavy atom. The molecular formula is C6H13NO3S. The normalized spacial score (nSPS) is 10.1. The van der Waals surface area contributed by atoms with Crippen molar-refractivity contribution < 1.29 is 14.6 Å². The maximum atomic E-state index is 9.85. The third kappa shape index (κ3) is 9.58. The molecule has 0 aliphatic heterocycles. The molecule has 5 heteroatoms. The Bertz CT molecular complexity index is 118. The summed E-state index contributed by atoms with van der Waals surface area (Å²) in [7, 11) is 3.94. The fraction of sp³-hybridized carbons (Fsp3) is 0.833. The van der Waals surface area contributed by atoms with Crippen LogP contribution in [-0.2, 0) is 4.74 Å². The Balaban J connectivity index is 2.97. The lowest BCUT2D eigenvalue weighted by Gasteiger charge is -2.07. The van der Waals surface area contributed by atoms with Gasteiger partial charge in [-0.1, -0.05) is 0 Å². The van der Waals surface area contributed by atoms with Crippen LogP contribution in [0.2, 0.25) is 0 Å². The molecule has 0 atom stereocenters. The van der Waals surface area contributed by atoms with Gasteiger partial charge >= 0.3 is 6.16 Å². The van der Waals surface area contributed by atoms with Crippen molar-refractivity contribution in [1.29, 1.82) is 0 Å². The Hall–Kier alpha value is -0.420. The number of hydrogen-bond acceptors (Lipinski definition) is 4. The molecule has 0 rings (SSSR count). The predicted octanol–water partition coefficient (Wildman–Crippen LogP) is 0.933. The van der Waals surface area contributed by atoms with Gasteiger partial charge < -0.3 is 14.7 Å². The minimum Gasteiger partial charge on any atom is -0.450 e. The number of carbonyl (C=O) groups is 1. The molecule has 0 aliphatic carbocycles. The Morgan fingerprint density at radius 2 is 2.27 bits per heavy atom. The van der Waals surface area contributed by atoms with E-state index in [1.165, 1.54) is 11.8 Å². The van der Waals surface area contributed by atoms with Gasteiger partial charge in [0.15, 0.2) is 0 Å². The molecule has 0 amide bonds. The van der Waals surface area contributed by atoms with Gasteiger partial charge in [-0.3, -0.25) is 0 Å². The van der Waals surface area contributed by atoms with E-state index >= 15 is 0 Å². The molecule has 0 aromatic rings. The van der Waals surface area contributed by atoms with Crippen molar-refractivity contribution in [1.82, 2.24) is 4.90 Å². The summed E-state index contributed by atoms with van der Waals surface area (Å²) in [6, 6.07) is 0. The van der Waals surface area contributed by atoms with Gasteiger partial charge in [-0.05, 0) is 14.1 Å². The Morgan fingerprint density at radius 1 is 1.64 bits per heavy atom. The van der Waals surface area contributed by atoms with Gasteiger partial charge in [0.1, 0.15) is 5.94 Å². The molecule has 0 aromatic carbocycles. The highest BCUT2D eigenvalue weighted by Crippen LogP contribution is 1.99. The zero-order valence-corrected chi connectivity index (χ0v) is 7.56. The molecule has 0 aliphatic rings. The number of nitrogens with zero attached hydrogens (tertiary/aromatic N) is 1. The fourth-order valence-corrected chi connectivity index (χ4v) is 1.19. The van der Waals surface area contributed by atoms with E-state index in [0.29, 0.717) is 0 Å². The Kier molecular flexibility index (Phi) is 6.06. The van der Waals surface area contributed by atoms with Crippen molar-refractivity contribution in [2.24, 2.45) is 0 Å². The molecule has 66 valence electrons. The smallest absolute Gasteiger partial charge is 0.450 e. The van der Waals surface area contributed by atoms with E-state index in [0.717, 1.165) is 12.3 Å². The largest absolute Gasteiger partial charge is 0.506 e. The number of hydrogen-bond donors (Lipinski definition) is 1. The van der Waals surface area contributed by atoms with E-state index in [4.69, 9.17) is 5.11 Å². The first-order valence-electron chi connectivity index (χ1n) is 3.21. The van der Waals surface area contributed by atoms with Crippen molar-refractivity contribution in [3.05, 3.63) is 0 Å². The van der Waals surface area contributed by atoms with Crippen LogP contribution >= 0.6 is 11.8 Å². The van der Waals surface area contributed by atoms with Crippen molar-refractivity contribution in [2.45, 2.75) is 0 Å². The van der Waals surface area contributed by atoms with Crippen LogP contribution in [0.25, 0.3) is 0 Å². The monoisotopic (exact) mass is 179 g/mol. The molecule has 1 N–H and O–H groups in total. The first-order valence-corrected chi connectivity index (χ1v) is 4.36. The summed E-state index contributed by atoms with van der Waals surface area (Å²) < 4.78 is 4.28. The summed E-state index contributed by atoms with van der Waals surface area (Å²) >= 11 is 1.47. The van der Waals surface area contributed by atoms with Crippen LogP contribution in [0.4, 0.5) is 4.79 Å². The maximum absolute atomic E-state index is 9.85. The number of carboxylic acid groups (broad SMARTS) is 1. The highest BCUT2D eigenvalue weighted by Gasteiger charge is 1.95. The van der Waals surface area contributed by atoms with Gasteiger partial charge in [-0.15, -0.1) is 11.8 Å². The highest BCUT2D eigenvalue weighted by atomic mass is 32.2. The molecule has 0 radical (unpaired) electrons. The van der Waals surface area contributed by atoms with E-state index in [9.17, 15) is 4.79 Å². The predicted molar refractivity (Wildman–Crippen MR) is 45.0 cm³/mol. The summed E-state index contributed by atoms with van der Waals surface area (Å²) in [4.78, 5) is 11.9. The van der Waals surface area contributed by atoms with Crippen LogP contribution < -0.4 is 0 Å². The van der Waals surface area contributed by atoms with Gasteiger partial charge in [-0.2, -0.15) is 0 Å². The molecular weight excluding hydrogens is 166 g/mol. The second kappa shape index (κ2) is 6.30. The maximum Gasteiger partial charge on any atom is 0.506 e. The summed E-state index contributed by atoms with van der Waals surface area (Å²) in [6.07, 6.45) is -1.21. The molecule has 0 heterocycles. The average Bonchev–Trinajstić information content (AvgIpc) is 1.85. The lowest BCUT2D eigenvalue weighted by atomic mass is 10.7. The quantitative estimate of drug-likeness (QED) is 0.386. The van der Waals surface area contributed by atoms with E-state index in [1.54, 1.807) is 0 Å². The first kappa shape index (κ1) is 10.6. The first-order chi connectivity index (χ1) is 5.13. The van der Waals surface area contributed by atoms with Crippen LogP contribution in [0.1, 0.15) is 0 Å². The number of ether oxygens (including phenoxy) is 1. The molecule has 0 spiro atoms. The summed E-state index contributed by atoms with van der Waals surface area (Å²) in [6.45, 7) is 0.938. The van der Waals surface area contributed by atoms with Gasteiger partial charge in [0.25, 0.3) is 0 Å². The zero-order chi connectivity index (χ0) is 8.69. The molecule has 0 aromatic heterocycles. The molecule has 4 nitrogen and oxygen atoms in total. The van der Waals surface area contributed by atoms with Crippen LogP contribution in [0.5, 0.6) is 0 Å². The van der Waals surface area contributed by atoms with Crippen LogP contribution in [-0.4, -0.2) is 48.5 Å². The lowest BCUT2D eigenvalue weighted by molar-refractivity contribution is 0.109. The van der Waals surface area contributed by atoms with Crippen molar-refractivity contribution in [2.75, 3.05) is 32.3 Å². The van der Waals surface area contributed by atoms with Crippen molar-refractivity contribution in [3.63, 3.8) is 0 Å². The second-order valence-corrected chi connectivity index (χ2v) is 3.29. The standard InChI is InChI=1S/C6H13NO3S/c1-7(2)3-4-11-5-10-6(8)9/h3-5H2,1-2H3,(H,8,9). The van der Waals surface area contributed by atoms with Crippen molar-refractivity contribution >= 4 is 17.9 Å². The summed E-state index contributed by atoms with van der Waals surface area (Å²) in [5.41, 5.74) is 0. The Labute approximate surface area is 70.5 Å². The minimum absolute atomic E-state index is 0.225. The average molecular weight is 179 g/mol. The summed E-state index contributed by atoms with van der Waals surface area (Å²) in [5.74, 6) is 1.11. The zero-order valence-electron chi connectivity index (χ0n) is 6.74. The van der Waals surface area contributed by atoms with Crippen LogP contribution in [0.3, 0.4) is 0 Å².